The molecule has 0 saturated carbocycles. The van der Waals surface area contributed by atoms with Crippen LogP contribution < -0.4 is 4.74 Å². The molecule has 1 unspecified atom stereocenters. The summed E-state index contributed by atoms with van der Waals surface area (Å²) >= 11 is 0. The summed E-state index contributed by atoms with van der Waals surface area (Å²) in [5.41, 5.74) is 2.97. The minimum absolute atomic E-state index is 0.227. The number of likely N-dealkylation sites (N-methyl/N-ethyl adjacent to an activating group) is 1. The van der Waals surface area contributed by atoms with Gasteiger partial charge in [-0.05, 0) is 55.5 Å². The Bertz CT molecular complexity index is 769. The average molecular weight is 367 g/mol. The Morgan fingerprint density at radius 2 is 1.85 bits per heavy atom. The predicted molar refractivity (Wildman–Crippen MR) is 108 cm³/mol. The SMILES string of the molecule is COc1ccc(CN2CCC3(CC2)CC(c2ccccc2)CN3C)cc1O. The van der Waals surface area contributed by atoms with Crippen LogP contribution in [0, 0.1) is 0 Å². The van der Waals surface area contributed by atoms with Gasteiger partial charge in [0.15, 0.2) is 11.5 Å². The molecule has 2 saturated heterocycles. The molecule has 2 aliphatic rings. The van der Waals surface area contributed by atoms with Gasteiger partial charge in [-0.2, -0.15) is 0 Å². The maximum Gasteiger partial charge on any atom is 0.160 e. The van der Waals surface area contributed by atoms with Crippen LogP contribution in [-0.4, -0.2) is 54.2 Å². The van der Waals surface area contributed by atoms with Crippen LogP contribution in [0.3, 0.4) is 0 Å². The monoisotopic (exact) mass is 366 g/mol. The first-order valence-electron chi connectivity index (χ1n) is 9.94. The highest BCUT2D eigenvalue weighted by Crippen LogP contribution is 2.44. The van der Waals surface area contributed by atoms with E-state index in [1.807, 2.05) is 12.1 Å². The van der Waals surface area contributed by atoms with Crippen LogP contribution >= 0.6 is 0 Å². The van der Waals surface area contributed by atoms with Crippen molar-refractivity contribution in [1.29, 1.82) is 0 Å². The van der Waals surface area contributed by atoms with E-state index >= 15 is 0 Å². The summed E-state index contributed by atoms with van der Waals surface area (Å²) in [6.07, 6.45) is 3.70. The van der Waals surface area contributed by atoms with Crippen molar-refractivity contribution in [3.05, 3.63) is 59.7 Å². The second kappa shape index (κ2) is 7.53. The molecule has 27 heavy (non-hydrogen) atoms. The molecule has 2 aliphatic heterocycles. The Labute approximate surface area is 162 Å². The Morgan fingerprint density at radius 1 is 1.11 bits per heavy atom. The first kappa shape index (κ1) is 18.3. The van der Waals surface area contributed by atoms with E-state index in [1.165, 1.54) is 24.8 Å². The highest BCUT2D eigenvalue weighted by Gasteiger charge is 2.45. The summed E-state index contributed by atoms with van der Waals surface area (Å²) in [6, 6.07) is 16.7. The first-order valence-corrected chi connectivity index (χ1v) is 9.94. The Hall–Kier alpha value is -2.04. The van der Waals surface area contributed by atoms with E-state index in [2.05, 4.69) is 53.2 Å². The second-order valence-electron chi connectivity index (χ2n) is 8.20. The van der Waals surface area contributed by atoms with E-state index in [0.29, 0.717) is 17.2 Å². The summed E-state index contributed by atoms with van der Waals surface area (Å²) in [5.74, 6) is 1.42. The smallest absolute Gasteiger partial charge is 0.160 e. The maximum absolute atomic E-state index is 10.0. The Balaban J connectivity index is 1.38. The zero-order valence-electron chi connectivity index (χ0n) is 16.4. The number of aromatic hydroxyl groups is 1. The molecule has 2 fully saturated rings. The number of rotatable bonds is 4. The van der Waals surface area contributed by atoms with Crippen LogP contribution in [0.5, 0.6) is 11.5 Å². The van der Waals surface area contributed by atoms with E-state index in [1.54, 1.807) is 7.11 Å². The molecule has 2 aromatic rings. The van der Waals surface area contributed by atoms with E-state index in [9.17, 15) is 5.11 Å². The van der Waals surface area contributed by atoms with Crippen LogP contribution in [0.25, 0.3) is 0 Å². The zero-order valence-corrected chi connectivity index (χ0v) is 16.4. The van der Waals surface area contributed by atoms with Gasteiger partial charge < -0.3 is 9.84 Å². The third kappa shape index (κ3) is 3.69. The summed E-state index contributed by atoms with van der Waals surface area (Å²) in [6.45, 7) is 4.27. The standard InChI is InChI=1S/C23H30N2O2/c1-24-17-20(19-6-4-3-5-7-19)15-23(24)10-12-25(13-11-23)16-18-8-9-22(27-2)21(26)14-18/h3-9,14,20,26H,10-13,15-17H2,1-2H3. The fourth-order valence-corrected chi connectivity index (χ4v) is 4.96. The van der Waals surface area contributed by atoms with Crippen LogP contribution in [0.4, 0.5) is 0 Å². The minimum Gasteiger partial charge on any atom is -0.504 e. The molecule has 0 aliphatic carbocycles. The fraction of sp³-hybridized carbons (Fsp3) is 0.478. The normalized spacial score (nSPS) is 23.0. The highest BCUT2D eigenvalue weighted by molar-refractivity contribution is 5.41. The Kier molecular flexibility index (Phi) is 5.11. The predicted octanol–water partition coefficient (Wildman–Crippen LogP) is 3.85. The topological polar surface area (TPSA) is 35.9 Å². The fourth-order valence-electron chi connectivity index (χ4n) is 4.96. The quantitative estimate of drug-likeness (QED) is 0.891. The van der Waals surface area contributed by atoms with Gasteiger partial charge in [-0.15, -0.1) is 0 Å². The lowest BCUT2D eigenvalue weighted by molar-refractivity contribution is 0.0672. The van der Waals surface area contributed by atoms with Crippen molar-refractivity contribution < 1.29 is 9.84 Å². The van der Waals surface area contributed by atoms with Crippen molar-refractivity contribution in [3.8, 4) is 11.5 Å². The van der Waals surface area contributed by atoms with Crippen molar-refractivity contribution >= 4 is 0 Å². The van der Waals surface area contributed by atoms with Gasteiger partial charge in [0.1, 0.15) is 0 Å². The third-order valence-electron chi connectivity index (χ3n) is 6.64. The van der Waals surface area contributed by atoms with Crippen molar-refractivity contribution in [3.63, 3.8) is 0 Å². The molecule has 1 N–H and O–H groups in total. The number of piperidine rings is 1. The van der Waals surface area contributed by atoms with Gasteiger partial charge in [0.2, 0.25) is 0 Å². The van der Waals surface area contributed by atoms with E-state index in [4.69, 9.17) is 4.74 Å². The molecule has 4 nitrogen and oxygen atoms in total. The molecule has 1 spiro atoms. The molecule has 2 aromatic carbocycles. The molecular formula is C23H30N2O2. The van der Waals surface area contributed by atoms with Crippen molar-refractivity contribution in [2.24, 2.45) is 0 Å². The molecule has 1 atom stereocenters. The van der Waals surface area contributed by atoms with Crippen molar-refractivity contribution in [2.75, 3.05) is 33.8 Å². The first-order chi connectivity index (χ1) is 13.1. The minimum atomic E-state index is 0.227. The van der Waals surface area contributed by atoms with Gasteiger partial charge in [-0.25, -0.2) is 0 Å². The molecule has 0 amide bonds. The van der Waals surface area contributed by atoms with Crippen LogP contribution in [0.2, 0.25) is 0 Å². The number of ether oxygens (including phenoxy) is 1. The Morgan fingerprint density at radius 3 is 2.52 bits per heavy atom. The molecule has 2 heterocycles. The number of phenolic OH excluding ortho intramolecular Hbond substituents is 1. The van der Waals surface area contributed by atoms with Crippen LogP contribution in [0.1, 0.15) is 36.3 Å². The van der Waals surface area contributed by atoms with Crippen molar-refractivity contribution in [2.45, 2.75) is 37.3 Å². The van der Waals surface area contributed by atoms with Gasteiger partial charge >= 0.3 is 0 Å². The van der Waals surface area contributed by atoms with Gasteiger partial charge in [0.25, 0.3) is 0 Å². The number of benzene rings is 2. The molecular weight excluding hydrogens is 336 g/mol. The van der Waals surface area contributed by atoms with E-state index in [-0.39, 0.29) is 5.75 Å². The highest BCUT2D eigenvalue weighted by atomic mass is 16.5. The number of likely N-dealkylation sites (tertiary alicyclic amines) is 2. The molecule has 4 rings (SSSR count). The molecule has 144 valence electrons. The number of hydrogen-bond acceptors (Lipinski definition) is 4. The van der Waals surface area contributed by atoms with E-state index in [0.717, 1.165) is 31.7 Å². The van der Waals surface area contributed by atoms with Crippen LogP contribution in [-0.2, 0) is 6.54 Å². The number of phenols is 1. The maximum atomic E-state index is 10.0. The summed E-state index contributed by atoms with van der Waals surface area (Å²) in [5, 5.41) is 10.0. The average Bonchev–Trinajstić information content (AvgIpc) is 3.01. The van der Waals surface area contributed by atoms with Gasteiger partial charge in [-0.1, -0.05) is 36.4 Å². The molecule has 4 heteroatoms. The van der Waals surface area contributed by atoms with Crippen molar-refractivity contribution in [1.82, 2.24) is 9.80 Å². The van der Waals surface area contributed by atoms with Gasteiger partial charge in [0.05, 0.1) is 7.11 Å². The molecule has 0 aromatic heterocycles. The summed E-state index contributed by atoms with van der Waals surface area (Å²) in [7, 11) is 3.89. The lowest BCUT2D eigenvalue weighted by Gasteiger charge is -2.43. The third-order valence-corrected chi connectivity index (χ3v) is 6.64. The summed E-state index contributed by atoms with van der Waals surface area (Å²) < 4.78 is 5.14. The molecule has 0 bridgehead atoms. The number of hydrogen-bond donors (Lipinski definition) is 1. The zero-order chi connectivity index (χ0) is 18.9. The summed E-state index contributed by atoms with van der Waals surface area (Å²) in [4.78, 5) is 5.12. The second-order valence-corrected chi connectivity index (χ2v) is 8.20. The largest absolute Gasteiger partial charge is 0.504 e. The lowest BCUT2D eigenvalue weighted by atomic mass is 9.81. The van der Waals surface area contributed by atoms with Gasteiger partial charge in [0, 0.05) is 31.7 Å². The lowest BCUT2D eigenvalue weighted by Crippen LogP contribution is -2.50. The van der Waals surface area contributed by atoms with E-state index < -0.39 is 0 Å². The number of methoxy groups -OCH3 is 1. The molecule has 0 radical (unpaired) electrons. The van der Waals surface area contributed by atoms with Gasteiger partial charge in [-0.3, -0.25) is 9.80 Å². The number of nitrogens with zero attached hydrogens (tertiary/aromatic N) is 2. The van der Waals surface area contributed by atoms with Crippen LogP contribution in [0.15, 0.2) is 48.5 Å².